The van der Waals surface area contributed by atoms with Crippen molar-refractivity contribution in [2.45, 2.75) is 6.54 Å². The summed E-state index contributed by atoms with van der Waals surface area (Å²) in [6.45, 7) is 0.125. The fourth-order valence-electron chi connectivity index (χ4n) is 2.04. The van der Waals surface area contributed by atoms with Crippen molar-refractivity contribution < 1.29 is 14.2 Å². The topological polar surface area (TPSA) is 99.5 Å². The molecule has 0 aliphatic rings. The van der Waals surface area contributed by atoms with Crippen LogP contribution in [-0.4, -0.2) is 31.5 Å². The van der Waals surface area contributed by atoms with Gasteiger partial charge in [0.15, 0.2) is 11.5 Å². The second kappa shape index (κ2) is 6.27. The molecule has 112 valence electrons. The predicted molar refractivity (Wildman–Crippen MR) is 77.8 cm³/mol. The van der Waals surface area contributed by atoms with Crippen molar-refractivity contribution in [3.05, 3.63) is 34.1 Å². The average molecular weight is 291 g/mol. The van der Waals surface area contributed by atoms with Crippen LogP contribution in [0.5, 0.6) is 17.2 Å². The molecule has 0 fully saturated rings. The minimum absolute atomic E-state index is 0.125. The van der Waals surface area contributed by atoms with E-state index in [1.807, 2.05) is 0 Å². The lowest BCUT2D eigenvalue weighted by Crippen LogP contribution is -2.17. The van der Waals surface area contributed by atoms with E-state index in [1.54, 1.807) is 25.3 Å². The summed E-state index contributed by atoms with van der Waals surface area (Å²) in [5.74, 6) is 1.47. The first-order chi connectivity index (χ1) is 10.2. The quantitative estimate of drug-likeness (QED) is 0.850. The monoisotopic (exact) mass is 291 g/mol. The summed E-state index contributed by atoms with van der Waals surface area (Å²) in [6.07, 6.45) is 0. The van der Waals surface area contributed by atoms with E-state index in [-0.39, 0.29) is 12.1 Å². The molecule has 2 aromatic rings. The van der Waals surface area contributed by atoms with E-state index in [0.29, 0.717) is 34.1 Å². The Labute approximate surface area is 121 Å². The zero-order chi connectivity index (χ0) is 15.4. The van der Waals surface area contributed by atoms with Gasteiger partial charge < -0.3 is 19.9 Å². The van der Waals surface area contributed by atoms with Crippen molar-refractivity contribution in [1.82, 2.24) is 10.2 Å². The lowest BCUT2D eigenvalue weighted by atomic mass is 10.1. The summed E-state index contributed by atoms with van der Waals surface area (Å²) in [7, 11) is 4.59. The van der Waals surface area contributed by atoms with Crippen molar-refractivity contribution in [3.8, 4) is 28.5 Å². The van der Waals surface area contributed by atoms with E-state index in [9.17, 15) is 4.79 Å². The molecule has 7 heteroatoms. The molecule has 1 heterocycles. The van der Waals surface area contributed by atoms with E-state index < -0.39 is 0 Å². The molecule has 21 heavy (non-hydrogen) atoms. The SMILES string of the molecule is COc1ccc(-c2cc(CN)c(=O)[nH]n2)c(OC)c1OC. The summed E-state index contributed by atoms with van der Waals surface area (Å²) < 4.78 is 16.0. The van der Waals surface area contributed by atoms with Crippen molar-refractivity contribution in [1.29, 1.82) is 0 Å². The number of nitrogens with one attached hydrogen (secondary N) is 1. The van der Waals surface area contributed by atoms with Gasteiger partial charge >= 0.3 is 0 Å². The predicted octanol–water partition coefficient (Wildman–Crippen LogP) is 0.921. The number of rotatable bonds is 5. The fourth-order valence-corrected chi connectivity index (χ4v) is 2.04. The maximum Gasteiger partial charge on any atom is 0.268 e. The minimum Gasteiger partial charge on any atom is -0.493 e. The number of nitrogens with zero attached hydrogens (tertiary/aromatic N) is 1. The van der Waals surface area contributed by atoms with Gasteiger partial charge in [0, 0.05) is 17.7 Å². The molecular weight excluding hydrogens is 274 g/mol. The summed E-state index contributed by atoms with van der Waals surface area (Å²) in [5, 5.41) is 6.45. The molecule has 0 aliphatic heterocycles. The third-order valence-corrected chi connectivity index (χ3v) is 3.08. The van der Waals surface area contributed by atoms with Gasteiger partial charge in [-0.15, -0.1) is 0 Å². The van der Waals surface area contributed by atoms with Crippen LogP contribution in [0.3, 0.4) is 0 Å². The van der Waals surface area contributed by atoms with E-state index in [4.69, 9.17) is 19.9 Å². The Balaban J connectivity index is 2.66. The highest BCUT2D eigenvalue weighted by molar-refractivity contribution is 5.74. The second-order valence-electron chi connectivity index (χ2n) is 4.19. The normalized spacial score (nSPS) is 10.3. The van der Waals surface area contributed by atoms with Crippen molar-refractivity contribution in [3.63, 3.8) is 0 Å². The number of methoxy groups -OCH3 is 3. The van der Waals surface area contributed by atoms with Gasteiger partial charge in [-0.1, -0.05) is 0 Å². The molecule has 0 aliphatic carbocycles. The molecule has 0 radical (unpaired) electrons. The number of benzene rings is 1. The highest BCUT2D eigenvalue weighted by Crippen LogP contribution is 2.43. The van der Waals surface area contributed by atoms with Crippen LogP contribution >= 0.6 is 0 Å². The van der Waals surface area contributed by atoms with Gasteiger partial charge in [-0.2, -0.15) is 5.10 Å². The van der Waals surface area contributed by atoms with Gasteiger partial charge in [0.1, 0.15) is 0 Å². The summed E-state index contributed by atoms with van der Waals surface area (Å²) >= 11 is 0. The lowest BCUT2D eigenvalue weighted by Gasteiger charge is -2.15. The van der Waals surface area contributed by atoms with E-state index in [1.165, 1.54) is 14.2 Å². The first-order valence-corrected chi connectivity index (χ1v) is 6.24. The number of nitrogens with two attached hydrogens (primary N) is 1. The molecule has 7 nitrogen and oxygen atoms in total. The molecule has 0 amide bonds. The van der Waals surface area contributed by atoms with Crippen LogP contribution < -0.4 is 25.5 Å². The maximum absolute atomic E-state index is 11.5. The molecule has 2 rings (SSSR count). The standard InChI is InChI=1S/C14H17N3O4/c1-19-11-5-4-9(12(20-2)13(11)21-3)10-6-8(7-15)14(18)17-16-10/h4-6H,7,15H2,1-3H3,(H,17,18). The van der Waals surface area contributed by atoms with Gasteiger partial charge in [-0.3, -0.25) is 4.79 Å². The van der Waals surface area contributed by atoms with E-state index in [0.717, 1.165) is 0 Å². The summed E-state index contributed by atoms with van der Waals surface area (Å²) in [4.78, 5) is 11.5. The third kappa shape index (κ3) is 2.68. The van der Waals surface area contributed by atoms with Crippen LogP contribution in [0.15, 0.2) is 23.0 Å². The molecule has 3 N–H and O–H groups in total. The molecule has 0 atom stereocenters. The number of H-pyrrole nitrogens is 1. The molecular formula is C14H17N3O4. The first-order valence-electron chi connectivity index (χ1n) is 6.24. The molecule has 0 saturated heterocycles. The van der Waals surface area contributed by atoms with Crippen molar-refractivity contribution >= 4 is 0 Å². The van der Waals surface area contributed by atoms with Crippen molar-refractivity contribution in [2.24, 2.45) is 5.73 Å². The van der Waals surface area contributed by atoms with E-state index in [2.05, 4.69) is 10.2 Å². The smallest absolute Gasteiger partial charge is 0.268 e. The van der Waals surface area contributed by atoms with Gasteiger partial charge in [0.25, 0.3) is 5.56 Å². The Morgan fingerprint density at radius 1 is 1.14 bits per heavy atom. The van der Waals surface area contributed by atoms with Gasteiger partial charge in [-0.25, -0.2) is 5.10 Å². The maximum atomic E-state index is 11.5. The number of aromatic nitrogens is 2. The van der Waals surface area contributed by atoms with Crippen LogP contribution in [-0.2, 0) is 6.54 Å². The van der Waals surface area contributed by atoms with Crippen LogP contribution in [0.1, 0.15) is 5.56 Å². The molecule has 0 saturated carbocycles. The Morgan fingerprint density at radius 3 is 2.43 bits per heavy atom. The molecule has 0 bridgehead atoms. The van der Waals surface area contributed by atoms with Gasteiger partial charge in [-0.05, 0) is 18.2 Å². The van der Waals surface area contributed by atoms with Gasteiger partial charge in [0.05, 0.1) is 27.0 Å². The molecule has 0 unspecified atom stereocenters. The Bertz CT molecular complexity index is 697. The highest BCUT2D eigenvalue weighted by Gasteiger charge is 2.18. The average Bonchev–Trinajstić information content (AvgIpc) is 2.53. The zero-order valence-corrected chi connectivity index (χ0v) is 12.1. The van der Waals surface area contributed by atoms with E-state index >= 15 is 0 Å². The number of ether oxygens (including phenoxy) is 3. The number of hydrogen-bond donors (Lipinski definition) is 2. The van der Waals surface area contributed by atoms with Crippen molar-refractivity contribution in [2.75, 3.05) is 21.3 Å². The number of hydrogen-bond acceptors (Lipinski definition) is 6. The first kappa shape index (κ1) is 14.9. The largest absolute Gasteiger partial charge is 0.493 e. The third-order valence-electron chi connectivity index (χ3n) is 3.08. The highest BCUT2D eigenvalue weighted by atomic mass is 16.5. The summed E-state index contributed by atoms with van der Waals surface area (Å²) in [5.41, 5.74) is 6.89. The Morgan fingerprint density at radius 2 is 1.86 bits per heavy atom. The van der Waals surface area contributed by atoms with Crippen LogP contribution in [0.4, 0.5) is 0 Å². The van der Waals surface area contributed by atoms with Crippen LogP contribution in [0, 0.1) is 0 Å². The fraction of sp³-hybridized carbons (Fsp3) is 0.286. The Kier molecular flexibility index (Phi) is 4.44. The molecule has 1 aromatic carbocycles. The van der Waals surface area contributed by atoms with Crippen LogP contribution in [0.2, 0.25) is 0 Å². The zero-order valence-electron chi connectivity index (χ0n) is 12.1. The summed E-state index contributed by atoms with van der Waals surface area (Å²) in [6, 6.07) is 5.15. The number of aromatic amines is 1. The van der Waals surface area contributed by atoms with Gasteiger partial charge in [0.2, 0.25) is 5.75 Å². The molecule has 0 spiro atoms. The second-order valence-corrected chi connectivity index (χ2v) is 4.19. The molecule has 1 aromatic heterocycles. The minimum atomic E-state index is -0.305. The lowest BCUT2D eigenvalue weighted by molar-refractivity contribution is 0.325. The van der Waals surface area contributed by atoms with Crippen LogP contribution in [0.25, 0.3) is 11.3 Å². The Hall–Kier alpha value is -2.54.